The number of nitrogens with two attached hydrogens (primary N) is 1. The molecule has 8 heteroatoms. The van der Waals surface area contributed by atoms with Gasteiger partial charge in [-0.15, -0.1) is 0 Å². The molecule has 1 aliphatic rings. The lowest BCUT2D eigenvalue weighted by molar-refractivity contribution is -0.133. The van der Waals surface area contributed by atoms with E-state index in [9.17, 15) is 9.59 Å². The first-order chi connectivity index (χ1) is 10.8. The average Bonchev–Trinajstić information content (AvgIpc) is 3.07. The van der Waals surface area contributed by atoms with E-state index in [0.717, 1.165) is 5.69 Å². The Hall–Kier alpha value is -2.48. The summed E-state index contributed by atoms with van der Waals surface area (Å²) in [6, 6.07) is -0.798. The highest BCUT2D eigenvalue weighted by Gasteiger charge is 2.32. The van der Waals surface area contributed by atoms with Crippen molar-refractivity contribution in [1.29, 1.82) is 0 Å². The van der Waals surface area contributed by atoms with Gasteiger partial charge in [0, 0.05) is 18.3 Å². The number of aromatic nitrogens is 4. The van der Waals surface area contributed by atoms with Gasteiger partial charge in [0.15, 0.2) is 0 Å². The van der Waals surface area contributed by atoms with Gasteiger partial charge >= 0.3 is 0 Å². The van der Waals surface area contributed by atoms with Crippen molar-refractivity contribution in [3.05, 3.63) is 44.4 Å². The number of H-pyrrole nitrogens is 1. The molecule has 0 fully saturated rings. The minimum absolute atomic E-state index is 0.105. The van der Waals surface area contributed by atoms with Gasteiger partial charge in [-0.3, -0.25) is 19.3 Å². The van der Waals surface area contributed by atoms with E-state index in [1.54, 1.807) is 18.9 Å². The Labute approximate surface area is 133 Å². The second-order valence-corrected chi connectivity index (χ2v) is 5.97. The Morgan fingerprint density at radius 1 is 1.30 bits per heavy atom. The van der Waals surface area contributed by atoms with Crippen LogP contribution in [0.1, 0.15) is 40.1 Å². The first-order valence-electron chi connectivity index (χ1n) is 7.42. The van der Waals surface area contributed by atoms with Gasteiger partial charge in [0.05, 0.1) is 30.0 Å². The van der Waals surface area contributed by atoms with Crippen molar-refractivity contribution in [3.63, 3.8) is 0 Å². The predicted octanol–water partition coefficient (Wildman–Crippen LogP) is -0.0291. The summed E-state index contributed by atoms with van der Waals surface area (Å²) >= 11 is 0. The summed E-state index contributed by atoms with van der Waals surface area (Å²) in [7, 11) is 1.68. The zero-order valence-corrected chi connectivity index (χ0v) is 13.7. The molecule has 3 heterocycles. The number of fused-ring (bicyclic) bond motifs is 1. The Balaban J connectivity index is 1.89. The van der Waals surface area contributed by atoms with Gasteiger partial charge < -0.3 is 10.6 Å². The monoisotopic (exact) mass is 316 g/mol. The molecule has 0 saturated carbocycles. The van der Waals surface area contributed by atoms with Crippen molar-refractivity contribution in [2.75, 3.05) is 0 Å². The highest BCUT2D eigenvalue weighted by atomic mass is 16.2. The number of aromatic amines is 1. The van der Waals surface area contributed by atoms with E-state index in [0.29, 0.717) is 34.9 Å². The highest BCUT2D eigenvalue weighted by molar-refractivity contribution is 5.84. The molecule has 23 heavy (non-hydrogen) atoms. The molecule has 0 saturated heterocycles. The Morgan fingerprint density at radius 2 is 2.00 bits per heavy atom. The van der Waals surface area contributed by atoms with E-state index in [2.05, 4.69) is 15.2 Å². The van der Waals surface area contributed by atoms with E-state index in [1.165, 1.54) is 4.57 Å². The van der Waals surface area contributed by atoms with Crippen LogP contribution in [-0.2, 0) is 24.9 Å². The van der Waals surface area contributed by atoms with E-state index in [-0.39, 0.29) is 18.0 Å². The molecule has 1 unspecified atom stereocenters. The predicted molar refractivity (Wildman–Crippen MR) is 83.5 cm³/mol. The maximum Gasteiger partial charge on any atom is 0.258 e. The van der Waals surface area contributed by atoms with Crippen molar-refractivity contribution in [2.24, 2.45) is 12.8 Å². The van der Waals surface area contributed by atoms with Crippen LogP contribution < -0.4 is 11.3 Å². The van der Waals surface area contributed by atoms with E-state index in [1.807, 2.05) is 13.8 Å². The summed E-state index contributed by atoms with van der Waals surface area (Å²) in [4.78, 5) is 31.0. The number of nitrogens with zero attached hydrogens (tertiary/aromatic N) is 4. The molecule has 1 amide bonds. The topological polar surface area (TPSA) is 110 Å². The van der Waals surface area contributed by atoms with Gasteiger partial charge in [-0.2, -0.15) is 5.10 Å². The van der Waals surface area contributed by atoms with Crippen LogP contribution >= 0.6 is 0 Å². The normalized spacial score (nSPS) is 14.9. The molecule has 1 aliphatic heterocycles. The van der Waals surface area contributed by atoms with E-state index in [4.69, 9.17) is 5.73 Å². The number of carbonyl (C=O) groups is 1. The molecule has 0 aliphatic carbocycles. The lowest BCUT2D eigenvalue weighted by atomic mass is 10.0. The fourth-order valence-corrected chi connectivity index (χ4v) is 3.02. The molecule has 122 valence electrons. The maximum absolute atomic E-state index is 12.7. The minimum atomic E-state index is -0.798. The largest absolute Gasteiger partial charge is 0.331 e. The molecule has 0 spiro atoms. The third kappa shape index (κ3) is 2.35. The number of rotatable bonds is 2. The van der Waals surface area contributed by atoms with Gasteiger partial charge in [0.1, 0.15) is 11.9 Å². The molecule has 2 aromatic heterocycles. The molecule has 2 aromatic rings. The van der Waals surface area contributed by atoms with Crippen molar-refractivity contribution < 1.29 is 4.79 Å². The second-order valence-electron chi connectivity index (χ2n) is 5.97. The van der Waals surface area contributed by atoms with Crippen LogP contribution in [0.5, 0.6) is 0 Å². The molecule has 8 nitrogen and oxygen atoms in total. The van der Waals surface area contributed by atoms with Gasteiger partial charge in [-0.25, -0.2) is 4.98 Å². The Kier molecular flexibility index (Phi) is 3.56. The quantitative estimate of drug-likeness (QED) is 0.808. The van der Waals surface area contributed by atoms with Gasteiger partial charge in [0.25, 0.3) is 5.56 Å². The summed E-state index contributed by atoms with van der Waals surface area (Å²) in [5, 5.41) is 6.92. The fraction of sp³-hybridized carbons (Fsp3) is 0.467. The SMILES string of the molecule is Cc1n[nH]c(C)c1C(N)C(=O)N1Cc2nc(C)n(C)c(=O)c2C1. The van der Waals surface area contributed by atoms with Crippen LogP contribution in [0.2, 0.25) is 0 Å². The second kappa shape index (κ2) is 5.31. The summed E-state index contributed by atoms with van der Waals surface area (Å²) < 4.78 is 1.50. The van der Waals surface area contributed by atoms with E-state index < -0.39 is 6.04 Å². The molecule has 0 bridgehead atoms. The molecule has 0 aromatic carbocycles. The first kappa shape index (κ1) is 15.4. The summed E-state index contributed by atoms with van der Waals surface area (Å²) in [6.45, 7) is 5.98. The standard InChI is InChI=1S/C15H20N6O2/c1-7-12(8(2)19-18-7)13(16)15(23)21-5-10-11(6-21)17-9(3)20(4)14(10)22/h13H,5-6,16H2,1-4H3,(H,18,19). The van der Waals surface area contributed by atoms with Gasteiger partial charge in [-0.05, 0) is 20.8 Å². The number of amides is 1. The summed E-state index contributed by atoms with van der Waals surface area (Å²) in [5.74, 6) is 0.407. The maximum atomic E-state index is 12.7. The average molecular weight is 316 g/mol. The minimum Gasteiger partial charge on any atom is -0.331 e. The number of carbonyl (C=O) groups excluding carboxylic acids is 1. The molecular formula is C15H20N6O2. The number of hydrogen-bond acceptors (Lipinski definition) is 5. The lowest BCUT2D eigenvalue weighted by Crippen LogP contribution is -2.36. The van der Waals surface area contributed by atoms with Crippen molar-refractivity contribution in [2.45, 2.75) is 39.9 Å². The van der Waals surface area contributed by atoms with Crippen LogP contribution in [0.25, 0.3) is 0 Å². The zero-order valence-electron chi connectivity index (χ0n) is 13.7. The molecule has 3 N–H and O–H groups in total. The Morgan fingerprint density at radius 3 is 2.61 bits per heavy atom. The van der Waals surface area contributed by atoms with Gasteiger partial charge in [-0.1, -0.05) is 0 Å². The molecule has 1 atom stereocenters. The van der Waals surface area contributed by atoms with Crippen molar-refractivity contribution in [3.8, 4) is 0 Å². The smallest absolute Gasteiger partial charge is 0.258 e. The summed E-state index contributed by atoms with van der Waals surface area (Å²) in [6.07, 6.45) is 0. The van der Waals surface area contributed by atoms with Gasteiger partial charge in [0.2, 0.25) is 5.91 Å². The Bertz CT molecular complexity index is 831. The van der Waals surface area contributed by atoms with Crippen molar-refractivity contribution in [1.82, 2.24) is 24.6 Å². The van der Waals surface area contributed by atoms with Crippen LogP contribution in [0, 0.1) is 20.8 Å². The van der Waals surface area contributed by atoms with Crippen LogP contribution in [-0.4, -0.2) is 30.6 Å². The fourth-order valence-electron chi connectivity index (χ4n) is 3.02. The third-order valence-electron chi connectivity index (χ3n) is 4.46. The number of hydrogen-bond donors (Lipinski definition) is 2. The molecule has 3 rings (SSSR count). The highest BCUT2D eigenvalue weighted by Crippen LogP contribution is 2.24. The number of nitrogens with one attached hydrogen (secondary N) is 1. The van der Waals surface area contributed by atoms with Crippen molar-refractivity contribution >= 4 is 5.91 Å². The zero-order chi connectivity index (χ0) is 16.9. The molecular weight excluding hydrogens is 296 g/mol. The third-order valence-corrected chi connectivity index (χ3v) is 4.46. The van der Waals surface area contributed by atoms with Crippen LogP contribution in [0.15, 0.2) is 4.79 Å². The number of aryl methyl sites for hydroxylation is 3. The molecule has 0 radical (unpaired) electrons. The lowest BCUT2D eigenvalue weighted by Gasteiger charge is -2.20. The van der Waals surface area contributed by atoms with Crippen LogP contribution in [0.3, 0.4) is 0 Å². The first-order valence-corrected chi connectivity index (χ1v) is 7.42. The summed E-state index contributed by atoms with van der Waals surface area (Å²) in [5.41, 5.74) is 9.47. The van der Waals surface area contributed by atoms with Crippen LogP contribution in [0.4, 0.5) is 0 Å². The van der Waals surface area contributed by atoms with E-state index >= 15 is 0 Å².